The van der Waals surface area contributed by atoms with Gasteiger partial charge in [-0.1, -0.05) is 37.5 Å². The lowest BCUT2D eigenvalue weighted by atomic mass is 9.94. The van der Waals surface area contributed by atoms with Crippen LogP contribution in [0.5, 0.6) is 5.75 Å². The minimum absolute atomic E-state index is 0.321. The van der Waals surface area contributed by atoms with E-state index in [1.54, 1.807) is 0 Å². The van der Waals surface area contributed by atoms with E-state index in [2.05, 4.69) is 40.5 Å². The third kappa shape index (κ3) is 6.56. The van der Waals surface area contributed by atoms with E-state index in [1.807, 2.05) is 25.1 Å². The summed E-state index contributed by atoms with van der Waals surface area (Å²) in [6.45, 7) is 6.71. The van der Waals surface area contributed by atoms with Crippen molar-refractivity contribution in [3.63, 3.8) is 0 Å². The molecular formula is C24H38N4O2. The van der Waals surface area contributed by atoms with Crippen molar-refractivity contribution in [2.75, 3.05) is 26.7 Å². The largest absolute Gasteiger partial charge is 0.491 e. The van der Waals surface area contributed by atoms with Gasteiger partial charge in [0.1, 0.15) is 18.5 Å². The van der Waals surface area contributed by atoms with Crippen LogP contribution in [-0.2, 0) is 13.0 Å². The van der Waals surface area contributed by atoms with E-state index in [-0.39, 0.29) is 0 Å². The number of benzene rings is 1. The van der Waals surface area contributed by atoms with Gasteiger partial charge in [-0.2, -0.15) is 5.10 Å². The molecule has 3 rings (SSSR count). The number of nitrogens with one attached hydrogen (secondary N) is 2. The van der Waals surface area contributed by atoms with Crippen molar-refractivity contribution >= 4 is 0 Å². The van der Waals surface area contributed by atoms with Crippen LogP contribution in [0.3, 0.4) is 0 Å². The number of para-hydroxylation sites is 1. The topological polar surface area (TPSA) is 73.4 Å². The van der Waals surface area contributed by atoms with E-state index in [0.29, 0.717) is 19.2 Å². The molecule has 0 bridgehead atoms. The molecule has 1 aliphatic carbocycles. The first-order chi connectivity index (χ1) is 14.5. The van der Waals surface area contributed by atoms with Gasteiger partial charge < -0.3 is 20.1 Å². The van der Waals surface area contributed by atoms with Crippen LogP contribution in [0.2, 0.25) is 0 Å². The standard InChI is InChI=1S/C24H38N4O2/c1-18-23(19(2)27-26-18)13-14-25-15-20-9-7-8-12-24(20)30-17-22(29)16-28(3)21-10-5-4-6-11-21/h7-9,12,21-22,25,29H,4-6,10-11,13-17H2,1-3H3,(H,26,27)/t22-/m1/s1. The van der Waals surface area contributed by atoms with Crippen LogP contribution in [0.15, 0.2) is 24.3 Å². The van der Waals surface area contributed by atoms with Crippen LogP contribution in [-0.4, -0.2) is 59.1 Å². The number of hydrogen-bond acceptors (Lipinski definition) is 5. The fraction of sp³-hybridized carbons (Fsp3) is 0.625. The van der Waals surface area contributed by atoms with Gasteiger partial charge in [0.2, 0.25) is 0 Å². The molecule has 1 aromatic heterocycles. The highest BCUT2D eigenvalue weighted by molar-refractivity contribution is 5.33. The molecule has 1 aromatic carbocycles. The Bertz CT molecular complexity index is 751. The van der Waals surface area contributed by atoms with Crippen molar-refractivity contribution in [2.45, 2.75) is 71.1 Å². The fourth-order valence-electron chi connectivity index (χ4n) is 4.41. The molecule has 3 N–H and O–H groups in total. The number of H-pyrrole nitrogens is 1. The van der Waals surface area contributed by atoms with Crippen LogP contribution in [0.4, 0.5) is 0 Å². The number of aromatic amines is 1. The summed E-state index contributed by atoms with van der Waals surface area (Å²) in [6, 6.07) is 8.68. The van der Waals surface area contributed by atoms with Crippen molar-refractivity contribution in [3.05, 3.63) is 46.8 Å². The molecule has 0 saturated heterocycles. The lowest BCUT2D eigenvalue weighted by molar-refractivity contribution is 0.0558. The number of aliphatic hydroxyl groups is 1. The Kier molecular flexibility index (Phi) is 8.73. The Morgan fingerprint density at radius 1 is 1.23 bits per heavy atom. The molecular weight excluding hydrogens is 376 g/mol. The predicted molar refractivity (Wildman–Crippen MR) is 121 cm³/mol. The van der Waals surface area contributed by atoms with Crippen LogP contribution >= 0.6 is 0 Å². The highest BCUT2D eigenvalue weighted by Crippen LogP contribution is 2.22. The number of hydrogen-bond donors (Lipinski definition) is 3. The maximum absolute atomic E-state index is 10.5. The van der Waals surface area contributed by atoms with E-state index in [1.165, 1.54) is 37.7 Å². The van der Waals surface area contributed by atoms with Crippen molar-refractivity contribution in [1.82, 2.24) is 20.4 Å². The van der Waals surface area contributed by atoms with E-state index >= 15 is 0 Å². The SMILES string of the molecule is Cc1n[nH]c(C)c1CCNCc1ccccc1OC[C@H](O)CN(C)C1CCCCC1. The molecule has 0 aliphatic heterocycles. The Balaban J connectivity index is 1.43. The van der Waals surface area contributed by atoms with E-state index < -0.39 is 6.10 Å². The molecule has 0 unspecified atom stereocenters. The summed E-state index contributed by atoms with van der Waals surface area (Å²) in [7, 11) is 2.13. The molecule has 1 heterocycles. The minimum atomic E-state index is -0.481. The zero-order valence-electron chi connectivity index (χ0n) is 18.8. The average Bonchev–Trinajstić information content (AvgIpc) is 3.08. The normalized spacial score (nSPS) is 16.2. The van der Waals surface area contributed by atoms with Crippen LogP contribution < -0.4 is 10.1 Å². The Morgan fingerprint density at radius 3 is 2.73 bits per heavy atom. The number of nitrogens with zero attached hydrogens (tertiary/aromatic N) is 2. The number of rotatable bonds is 11. The van der Waals surface area contributed by atoms with Gasteiger partial charge in [-0.05, 0) is 58.3 Å². The molecule has 2 aromatic rings. The second-order valence-corrected chi connectivity index (χ2v) is 8.64. The average molecular weight is 415 g/mol. The molecule has 30 heavy (non-hydrogen) atoms. The van der Waals surface area contributed by atoms with E-state index in [4.69, 9.17) is 4.74 Å². The van der Waals surface area contributed by atoms with Crippen LogP contribution in [0.25, 0.3) is 0 Å². The summed E-state index contributed by atoms with van der Waals surface area (Å²) >= 11 is 0. The summed E-state index contributed by atoms with van der Waals surface area (Å²) in [5.41, 5.74) is 4.62. The van der Waals surface area contributed by atoms with Crippen molar-refractivity contribution in [3.8, 4) is 5.75 Å². The first kappa shape index (κ1) is 22.8. The van der Waals surface area contributed by atoms with Gasteiger partial charge in [0.15, 0.2) is 0 Å². The van der Waals surface area contributed by atoms with E-state index in [9.17, 15) is 5.11 Å². The molecule has 1 atom stereocenters. The molecule has 0 radical (unpaired) electrons. The summed E-state index contributed by atoms with van der Waals surface area (Å²) < 4.78 is 6.00. The smallest absolute Gasteiger partial charge is 0.123 e. The Morgan fingerprint density at radius 2 is 2.00 bits per heavy atom. The minimum Gasteiger partial charge on any atom is -0.491 e. The van der Waals surface area contributed by atoms with Gasteiger partial charge in [0, 0.05) is 30.4 Å². The summed E-state index contributed by atoms with van der Waals surface area (Å²) in [5, 5.41) is 21.3. The Labute approximate surface area is 181 Å². The van der Waals surface area contributed by atoms with Crippen LogP contribution in [0, 0.1) is 13.8 Å². The van der Waals surface area contributed by atoms with Gasteiger partial charge in [-0.15, -0.1) is 0 Å². The lowest BCUT2D eigenvalue weighted by Gasteiger charge is -2.32. The third-order valence-corrected chi connectivity index (χ3v) is 6.25. The summed E-state index contributed by atoms with van der Waals surface area (Å²) in [6.07, 6.45) is 6.92. The van der Waals surface area contributed by atoms with Crippen molar-refractivity contribution < 1.29 is 9.84 Å². The molecule has 0 spiro atoms. The zero-order valence-corrected chi connectivity index (χ0v) is 18.8. The maximum Gasteiger partial charge on any atom is 0.123 e. The Hall–Kier alpha value is -1.89. The molecule has 0 amide bonds. The summed E-state index contributed by atoms with van der Waals surface area (Å²) in [4.78, 5) is 2.31. The highest BCUT2D eigenvalue weighted by atomic mass is 16.5. The van der Waals surface area contributed by atoms with Gasteiger partial charge in [-0.25, -0.2) is 0 Å². The van der Waals surface area contributed by atoms with E-state index in [0.717, 1.165) is 42.2 Å². The van der Waals surface area contributed by atoms with Gasteiger partial charge >= 0.3 is 0 Å². The molecule has 6 heteroatoms. The monoisotopic (exact) mass is 414 g/mol. The second-order valence-electron chi connectivity index (χ2n) is 8.64. The zero-order chi connectivity index (χ0) is 21.3. The number of aryl methyl sites for hydroxylation is 2. The fourth-order valence-corrected chi connectivity index (χ4v) is 4.41. The quantitative estimate of drug-likeness (QED) is 0.492. The molecule has 1 aliphatic rings. The van der Waals surface area contributed by atoms with Crippen molar-refractivity contribution in [1.29, 1.82) is 0 Å². The van der Waals surface area contributed by atoms with Crippen LogP contribution in [0.1, 0.15) is 54.6 Å². The first-order valence-electron chi connectivity index (χ1n) is 11.3. The summed E-state index contributed by atoms with van der Waals surface area (Å²) in [5.74, 6) is 0.847. The first-order valence-corrected chi connectivity index (χ1v) is 11.3. The number of aliphatic hydroxyl groups excluding tert-OH is 1. The molecule has 166 valence electrons. The van der Waals surface area contributed by atoms with Gasteiger partial charge in [-0.3, -0.25) is 5.10 Å². The maximum atomic E-state index is 10.5. The van der Waals surface area contributed by atoms with Crippen molar-refractivity contribution in [2.24, 2.45) is 0 Å². The highest BCUT2D eigenvalue weighted by Gasteiger charge is 2.20. The number of likely N-dealkylation sites (N-methyl/N-ethyl adjacent to an activating group) is 1. The molecule has 1 fully saturated rings. The second kappa shape index (κ2) is 11.5. The number of ether oxygens (including phenoxy) is 1. The lowest BCUT2D eigenvalue weighted by Crippen LogP contribution is -2.40. The third-order valence-electron chi connectivity index (χ3n) is 6.25. The molecule has 1 saturated carbocycles. The number of aromatic nitrogens is 2. The molecule has 6 nitrogen and oxygen atoms in total. The van der Waals surface area contributed by atoms with Gasteiger partial charge in [0.25, 0.3) is 0 Å². The predicted octanol–water partition coefficient (Wildman–Crippen LogP) is 3.36. The van der Waals surface area contributed by atoms with Gasteiger partial charge in [0.05, 0.1) is 5.69 Å².